The predicted octanol–water partition coefficient (Wildman–Crippen LogP) is 2.67. The number of nitrogens with two attached hydrogens (primary N) is 1. The van der Waals surface area contributed by atoms with Crippen molar-refractivity contribution in [3.8, 4) is 0 Å². The molecule has 1 aromatic rings. The average molecular weight is 230 g/mol. The predicted molar refractivity (Wildman–Crippen MR) is 72.5 cm³/mol. The molecule has 1 atom stereocenters. The first-order valence-corrected chi connectivity index (χ1v) is 6.84. The van der Waals surface area contributed by atoms with Crippen molar-refractivity contribution in [1.82, 2.24) is 0 Å². The molecule has 0 aromatic heterocycles. The first kappa shape index (κ1) is 11.1. The number of nitrogens with zero attached hydrogens (tertiary/aromatic N) is 1. The molecule has 2 fully saturated rings. The Kier molecular flexibility index (Phi) is 2.62. The maximum Gasteiger partial charge on any atom is 0.0405 e. The lowest BCUT2D eigenvalue weighted by molar-refractivity contribution is 0.556. The third kappa shape index (κ3) is 1.75. The van der Waals surface area contributed by atoms with Crippen LogP contribution in [-0.4, -0.2) is 19.1 Å². The number of benzene rings is 1. The van der Waals surface area contributed by atoms with Gasteiger partial charge in [0.15, 0.2) is 0 Å². The third-order valence-corrected chi connectivity index (χ3v) is 4.55. The minimum atomic E-state index is 0.270. The van der Waals surface area contributed by atoms with Crippen LogP contribution in [0.5, 0.6) is 0 Å². The Hall–Kier alpha value is -1.02. The lowest BCUT2D eigenvalue weighted by Crippen LogP contribution is -2.33. The molecule has 1 heterocycles. The molecule has 1 unspecified atom stereocenters. The van der Waals surface area contributed by atoms with E-state index in [-0.39, 0.29) is 11.5 Å². The van der Waals surface area contributed by atoms with E-state index in [0.717, 1.165) is 0 Å². The SMILES string of the molecule is CC(N)C1(c2ccccc2N2CCCC2)CC1. The highest BCUT2D eigenvalue weighted by Gasteiger charge is 2.49. The second kappa shape index (κ2) is 4.02. The van der Waals surface area contributed by atoms with Gasteiger partial charge < -0.3 is 10.6 Å². The normalized spacial score (nSPS) is 23.8. The van der Waals surface area contributed by atoms with Crippen molar-refractivity contribution in [2.75, 3.05) is 18.0 Å². The zero-order chi connectivity index (χ0) is 11.9. The monoisotopic (exact) mass is 230 g/mol. The third-order valence-electron chi connectivity index (χ3n) is 4.55. The van der Waals surface area contributed by atoms with Gasteiger partial charge in [0.05, 0.1) is 0 Å². The lowest BCUT2D eigenvalue weighted by Gasteiger charge is -2.28. The zero-order valence-electron chi connectivity index (χ0n) is 10.7. The molecule has 0 bridgehead atoms. The van der Waals surface area contributed by atoms with Gasteiger partial charge >= 0.3 is 0 Å². The summed E-state index contributed by atoms with van der Waals surface area (Å²) in [6.45, 7) is 4.59. The van der Waals surface area contributed by atoms with Gasteiger partial charge in [-0.15, -0.1) is 0 Å². The van der Waals surface area contributed by atoms with Crippen LogP contribution in [0, 0.1) is 0 Å². The molecular weight excluding hydrogens is 208 g/mol. The molecule has 0 amide bonds. The fourth-order valence-electron chi connectivity index (χ4n) is 3.23. The number of anilines is 1. The first-order chi connectivity index (χ1) is 8.24. The van der Waals surface area contributed by atoms with Crippen molar-refractivity contribution in [3.63, 3.8) is 0 Å². The summed E-state index contributed by atoms with van der Waals surface area (Å²) >= 11 is 0. The summed E-state index contributed by atoms with van der Waals surface area (Å²) in [7, 11) is 0. The molecule has 1 aromatic carbocycles. The van der Waals surface area contributed by atoms with Crippen molar-refractivity contribution in [1.29, 1.82) is 0 Å². The summed E-state index contributed by atoms with van der Waals surface area (Å²) in [4.78, 5) is 2.54. The van der Waals surface area contributed by atoms with Gasteiger partial charge in [0, 0.05) is 30.2 Å². The first-order valence-electron chi connectivity index (χ1n) is 6.84. The van der Waals surface area contributed by atoms with Crippen LogP contribution >= 0.6 is 0 Å². The van der Waals surface area contributed by atoms with Gasteiger partial charge in [0.1, 0.15) is 0 Å². The Morgan fingerprint density at radius 1 is 1.18 bits per heavy atom. The van der Waals surface area contributed by atoms with Crippen molar-refractivity contribution < 1.29 is 0 Å². The smallest absolute Gasteiger partial charge is 0.0405 e. The number of rotatable bonds is 3. The van der Waals surface area contributed by atoms with Gasteiger partial charge in [-0.25, -0.2) is 0 Å². The van der Waals surface area contributed by atoms with Crippen molar-refractivity contribution in [3.05, 3.63) is 29.8 Å². The fraction of sp³-hybridized carbons (Fsp3) is 0.600. The minimum absolute atomic E-state index is 0.270. The summed E-state index contributed by atoms with van der Waals surface area (Å²) in [5.74, 6) is 0. The van der Waals surface area contributed by atoms with Gasteiger partial charge in [0.2, 0.25) is 0 Å². The van der Waals surface area contributed by atoms with Crippen LogP contribution in [0.3, 0.4) is 0 Å². The van der Waals surface area contributed by atoms with E-state index in [1.165, 1.54) is 50.0 Å². The summed E-state index contributed by atoms with van der Waals surface area (Å²) in [6, 6.07) is 9.17. The molecule has 1 aliphatic carbocycles. The fourth-order valence-corrected chi connectivity index (χ4v) is 3.23. The molecule has 1 saturated heterocycles. The van der Waals surface area contributed by atoms with Gasteiger partial charge in [-0.3, -0.25) is 0 Å². The van der Waals surface area contributed by atoms with Crippen LogP contribution in [0.1, 0.15) is 38.2 Å². The van der Waals surface area contributed by atoms with Crippen LogP contribution < -0.4 is 10.6 Å². The summed E-state index contributed by atoms with van der Waals surface area (Å²) in [6.07, 6.45) is 5.18. The topological polar surface area (TPSA) is 29.3 Å². The highest BCUT2D eigenvalue weighted by atomic mass is 15.1. The Labute approximate surface area is 104 Å². The molecule has 1 aliphatic heterocycles. The zero-order valence-corrected chi connectivity index (χ0v) is 10.7. The molecular formula is C15H22N2. The van der Waals surface area contributed by atoms with Gasteiger partial charge in [-0.2, -0.15) is 0 Å². The van der Waals surface area contributed by atoms with Crippen LogP contribution in [-0.2, 0) is 5.41 Å². The van der Waals surface area contributed by atoms with Crippen LogP contribution in [0.2, 0.25) is 0 Å². The second-order valence-electron chi connectivity index (χ2n) is 5.66. The summed E-state index contributed by atoms with van der Waals surface area (Å²) in [5, 5.41) is 0. The average Bonchev–Trinajstić information content (AvgIpc) is 2.98. The van der Waals surface area contributed by atoms with Crippen molar-refractivity contribution in [2.45, 2.75) is 44.1 Å². The molecule has 1 saturated carbocycles. The number of para-hydroxylation sites is 1. The van der Waals surface area contributed by atoms with Crippen molar-refractivity contribution in [2.24, 2.45) is 5.73 Å². The van der Waals surface area contributed by atoms with E-state index in [1.807, 2.05) is 0 Å². The summed E-state index contributed by atoms with van der Waals surface area (Å²) < 4.78 is 0. The van der Waals surface area contributed by atoms with Gasteiger partial charge in [-0.05, 0) is 44.2 Å². The standard InChI is InChI=1S/C15H22N2/c1-12(16)15(8-9-15)13-6-2-3-7-14(13)17-10-4-5-11-17/h2-3,6-7,12H,4-5,8-11,16H2,1H3. The Balaban J connectivity index is 1.99. The highest BCUT2D eigenvalue weighted by molar-refractivity contribution is 5.59. The molecule has 3 rings (SSSR count). The maximum atomic E-state index is 6.21. The number of hydrogen-bond acceptors (Lipinski definition) is 2. The molecule has 0 spiro atoms. The number of hydrogen-bond donors (Lipinski definition) is 1. The van der Waals surface area contributed by atoms with Crippen molar-refractivity contribution >= 4 is 5.69 Å². The molecule has 2 nitrogen and oxygen atoms in total. The summed E-state index contributed by atoms with van der Waals surface area (Å²) in [5.41, 5.74) is 9.43. The maximum absolute atomic E-state index is 6.21. The van der Waals surface area contributed by atoms with Gasteiger partial charge in [0.25, 0.3) is 0 Å². The molecule has 92 valence electrons. The van der Waals surface area contributed by atoms with E-state index in [9.17, 15) is 0 Å². The largest absolute Gasteiger partial charge is 0.371 e. The van der Waals surface area contributed by atoms with Gasteiger partial charge in [-0.1, -0.05) is 18.2 Å². The molecule has 2 heteroatoms. The molecule has 0 radical (unpaired) electrons. The lowest BCUT2D eigenvalue weighted by atomic mass is 9.88. The second-order valence-corrected chi connectivity index (χ2v) is 5.66. The van der Waals surface area contributed by atoms with E-state index in [0.29, 0.717) is 0 Å². The van der Waals surface area contributed by atoms with E-state index >= 15 is 0 Å². The molecule has 17 heavy (non-hydrogen) atoms. The van der Waals surface area contributed by atoms with Crippen LogP contribution in [0.25, 0.3) is 0 Å². The van der Waals surface area contributed by atoms with E-state index in [4.69, 9.17) is 5.73 Å². The quantitative estimate of drug-likeness (QED) is 0.865. The van der Waals surface area contributed by atoms with Crippen LogP contribution in [0.15, 0.2) is 24.3 Å². The molecule has 2 aliphatic rings. The Bertz CT molecular complexity index is 401. The molecule has 2 N–H and O–H groups in total. The Morgan fingerprint density at radius 2 is 1.82 bits per heavy atom. The highest BCUT2D eigenvalue weighted by Crippen LogP contribution is 2.53. The van der Waals surface area contributed by atoms with E-state index in [2.05, 4.69) is 36.1 Å². The van der Waals surface area contributed by atoms with Crippen LogP contribution in [0.4, 0.5) is 5.69 Å². The van der Waals surface area contributed by atoms with E-state index in [1.54, 1.807) is 0 Å². The Morgan fingerprint density at radius 3 is 2.41 bits per heavy atom. The van der Waals surface area contributed by atoms with E-state index < -0.39 is 0 Å². The minimum Gasteiger partial charge on any atom is -0.371 e.